The van der Waals surface area contributed by atoms with E-state index in [-0.39, 0.29) is 0 Å². The van der Waals surface area contributed by atoms with Crippen molar-refractivity contribution < 1.29 is 4.74 Å². The third-order valence-electron chi connectivity index (χ3n) is 2.54. The summed E-state index contributed by atoms with van der Waals surface area (Å²) < 4.78 is 5.16. The van der Waals surface area contributed by atoms with E-state index < -0.39 is 0 Å². The summed E-state index contributed by atoms with van der Waals surface area (Å²) in [6.07, 6.45) is 0.341. The van der Waals surface area contributed by atoms with Gasteiger partial charge in [-0.05, 0) is 30.7 Å². The quantitative estimate of drug-likeness (QED) is 0.768. The molecule has 80 valence electrons. The molecule has 3 nitrogen and oxygen atoms in total. The molecule has 0 unspecified atom stereocenters. The fraction of sp³-hybridized carbons (Fsp3) is 0.231. The maximum Gasteiger partial charge on any atom is 0.121 e. The second-order valence-electron chi connectivity index (χ2n) is 3.65. The Kier molecular flexibility index (Phi) is 2.74. The average molecular weight is 212 g/mol. The van der Waals surface area contributed by atoms with Crippen molar-refractivity contribution in [2.45, 2.75) is 13.3 Å². The first-order valence-electron chi connectivity index (χ1n) is 5.06. The molecule has 0 amide bonds. The minimum absolute atomic E-state index is 0.341. The van der Waals surface area contributed by atoms with Gasteiger partial charge in [0.1, 0.15) is 5.75 Å². The lowest BCUT2D eigenvalue weighted by Crippen LogP contribution is -1.92. The molecule has 2 rings (SSSR count). The zero-order chi connectivity index (χ0) is 11.5. The van der Waals surface area contributed by atoms with Crippen LogP contribution >= 0.6 is 0 Å². The van der Waals surface area contributed by atoms with Crippen molar-refractivity contribution in [3.8, 4) is 11.8 Å². The predicted molar refractivity (Wildman–Crippen MR) is 62.3 cm³/mol. The number of aryl methyl sites for hydroxylation is 1. The van der Waals surface area contributed by atoms with E-state index in [4.69, 9.17) is 10.00 Å². The van der Waals surface area contributed by atoms with E-state index in [1.807, 2.05) is 31.2 Å². The Hall–Kier alpha value is -2.08. The molecule has 1 aromatic heterocycles. The molecule has 0 fully saturated rings. The highest BCUT2D eigenvalue weighted by molar-refractivity contribution is 5.83. The predicted octanol–water partition coefficient (Wildman–Crippen LogP) is 2.62. The Bertz CT molecular complexity index is 570. The van der Waals surface area contributed by atoms with Gasteiger partial charge in [0, 0.05) is 11.5 Å². The van der Waals surface area contributed by atoms with Crippen LogP contribution < -0.4 is 4.74 Å². The topological polar surface area (TPSA) is 45.9 Å². The van der Waals surface area contributed by atoms with E-state index in [1.165, 1.54) is 0 Å². The van der Waals surface area contributed by atoms with Crippen molar-refractivity contribution in [2.75, 3.05) is 7.11 Å². The molecule has 0 bridgehead atoms. The molecule has 1 aromatic carbocycles. The number of aromatic nitrogens is 1. The number of hydrogen-bond donors (Lipinski definition) is 0. The zero-order valence-corrected chi connectivity index (χ0v) is 9.32. The lowest BCUT2D eigenvalue weighted by molar-refractivity contribution is 0.415. The Labute approximate surface area is 94.3 Å². The Morgan fingerprint density at radius 2 is 2.19 bits per heavy atom. The van der Waals surface area contributed by atoms with Crippen molar-refractivity contribution in [3.05, 3.63) is 35.5 Å². The van der Waals surface area contributed by atoms with Crippen molar-refractivity contribution in [2.24, 2.45) is 0 Å². The highest BCUT2D eigenvalue weighted by atomic mass is 16.5. The summed E-state index contributed by atoms with van der Waals surface area (Å²) in [6, 6.07) is 9.87. The van der Waals surface area contributed by atoms with Gasteiger partial charge in [0.05, 0.1) is 30.8 Å². The first kappa shape index (κ1) is 10.4. The Morgan fingerprint density at radius 1 is 1.38 bits per heavy atom. The summed E-state index contributed by atoms with van der Waals surface area (Å²) in [6.45, 7) is 2.03. The number of hydrogen-bond acceptors (Lipinski definition) is 3. The van der Waals surface area contributed by atoms with E-state index in [0.29, 0.717) is 6.42 Å². The van der Waals surface area contributed by atoms with Gasteiger partial charge in [-0.25, -0.2) is 0 Å². The minimum Gasteiger partial charge on any atom is -0.497 e. The lowest BCUT2D eigenvalue weighted by atomic mass is 10.1. The van der Waals surface area contributed by atoms with Gasteiger partial charge in [-0.3, -0.25) is 4.98 Å². The molecule has 0 aliphatic carbocycles. The maximum absolute atomic E-state index is 8.67. The van der Waals surface area contributed by atoms with E-state index in [2.05, 4.69) is 11.1 Å². The number of methoxy groups -OCH3 is 1. The lowest BCUT2D eigenvalue weighted by Gasteiger charge is -2.06. The van der Waals surface area contributed by atoms with Crippen LogP contribution in [0.4, 0.5) is 0 Å². The maximum atomic E-state index is 8.67. The highest BCUT2D eigenvalue weighted by Gasteiger charge is 2.03. The van der Waals surface area contributed by atoms with Gasteiger partial charge >= 0.3 is 0 Å². The number of rotatable bonds is 2. The van der Waals surface area contributed by atoms with E-state index in [0.717, 1.165) is 27.9 Å². The van der Waals surface area contributed by atoms with Gasteiger partial charge in [0.25, 0.3) is 0 Å². The van der Waals surface area contributed by atoms with Crippen LogP contribution in [0.2, 0.25) is 0 Å². The van der Waals surface area contributed by atoms with Crippen LogP contribution in [0.25, 0.3) is 10.9 Å². The van der Waals surface area contributed by atoms with Gasteiger partial charge in [0.15, 0.2) is 0 Å². The van der Waals surface area contributed by atoms with E-state index >= 15 is 0 Å². The molecule has 0 radical (unpaired) electrons. The number of nitrogens with zero attached hydrogens (tertiary/aromatic N) is 2. The highest BCUT2D eigenvalue weighted by Crippen LogP contribution is 2.22. The second-order valence-corrected chi connectivity index (χ2v) is 3.65. The summed E-state index contributed by atoms with van der Waals surface area (Å²) in [5, 5.41) is 9.77. The summed E-state index contributed by atoms with van der Waals surface area (Å²) >= 11 is 0. The molecule has 0 atom stereocenters. The molecule has 0 saturated heterocycles. The van der Waals surface area contributed by atoms with Crippen molar-refractivity contribution in [3.63, 3.8) is 0 Å². The molecule has 0 N–H and O–H groups in total. The van der Waals surface area contributed by atoms with Gasteiger partial charge < -0.3 is 4.74 Å². The van der Waals surface area contributed by atoms with Gasteiger partial charge in [-0.2, -0.15) is 5.26 Å². The molecule has 2 aromatic rings. The Morgan fingerprint density at radius 3 is 2.88 bits per heavy atom. The van der Waals surface area contributed by atoms with Crippen LogP contribution in [0.1, 0.15) is 11.3 Å². The largest absolute Gasteiger partial charge is 0.497 e. The molecule has 0 spiro atoms. The van der Waals surface area contributed by atoms with Crippen LogP contribution in [-0.2, 0) is 6.42 Å². The van der Waals surface area contributed by atoms with Crippen LogP contribution in [0.5, 0.6) is 5.75 Å². The summed E-state index contributed by atoms with van der Waals surface area (Å²) in [5.74, 6) is 0.786. The molecular weight excluding hydrogens is 200 g/mol. The second kappa shape index (κ2) is 4.19. The number of ether oxygens (including phenoxy) is 1. The third kappa shape index (κ3) is 1.82. The molecule has 0 saturated carbocycles. The summed E-state index contributed by atoms with van der Waals surface area (Å²) in [4.78, 5) is 4.43. The number of benzene rings is 1. The summed E-state index contributed by atoms with van der Waals surface area (Å²) in [7, 11) is 1.63. The van der Waals surface area contributed by atoms with Crippen LogP contribution in [0, 0.1) is 18.3 Å². The number of nitriles is 1. The zero-order valence-electron chi connectivity index (χ0n) is 9.32. The molecule has 0 aliphatic heterocycles. The van der Waals surface area contributed by atoms with Crippen LogP contribution in [0.15, 0.2) is 24.3 Å². The van der Waals surface area contributed by atoms with Gasteiger partial charge in [0.2, 0.25) is 0 Å². The van der Waals surface area contributed by atoms with Crippen LogP contribution in [-0.4, -0.2) is 12.1 Å². The SMILES string of the molecule is COc1ccc2c(C)cc(CC#N)nc2c1. The minimum atomic E-state index is 0.341. The van der Waals surface area contributed by atoms with Gasteiger partial charge in [-0.15, -0.1) is 0 Å². The van der Waals surface area contributed by atoms with Gasteiger partial charge in [-0.1, -0.05) is 0 Å². The third-order valence-corrected chi connectivity index (χ3v) is 2.54. The normalized spacial score (nSPS) is 10.1. The Balaban J connectivity index is 2.64. The fourth-order valence-electron chi connectivity index (χ4n) is 1.75. The standard InChI is InChI=1S/C13H12N2O/c1-9-7-10(5-6-14)15-13-8-11(16-2)3-4-12(9)13/h3-4,7-8H,5H2,1-2H3. The monoisotopic (exact) mass is 212 g/mol. The van der Waals surface area contributed by atoms with Crippen molar-refractivity contribution in [1.82, 2.24) is 4.98 Å². The molecule has 0 aliphatic rings. The molecule has 1 heterocycles. The number of fused-ring (bicyclic) bond motifs is 1. The number of pyridine rings is 1. The van der Waals surface area contributed by atoms with Crippen molar-refractivity contribution in [1.29, 1.82) is 5.26 Å². The van der Waals surface area contributed by atoms with E-state index in [1.54, 1.807) is 7.11 Å². The average Bonchev–Trinajstić information content (AvgIpc) is 2.28. The smallest absolute Gasteiger partial charge is 0.121 e. The van der Waals surface area contributed by atoms with Crippen LogP contribution in [0.3, 0.4) is 0 Å². The fourth-order valence-corrected chi connectivity index (χ4v) is 1.75. The molecule has 16 heavy (non-hydrogen) atoms. The van der Waals surface area contributed by atoms with E-state index in [9.17, 15) is 0 Å². The first-order valence-corrected chi connectivity index (χ1v) is 5.06. The molecular formula is C13H12N2O. The van der Waals surface area contributed by atoms with Crippen molar-refractivity contribution >= 4 is 10.9 Å². The molecule has 3 heteroatoms. The summed E-state index contributed by atoms with van der Waals surface area (Å²) in [5.41, 5.74) is 2.82. The first-order chi connectivity index (χ1) is 7.74.